The maximum atomic E-state index is 12.6. The van der Waals surface area contributed by atoms with Crippen molar-refractivity contribution in [2.24, 2.45) is 0 Å². The fourth-order valence-corrected chi connectivity index (χ4v) is 5.27. The van der Waals surface area contributed by atoms with Gasteiger partial charge >= 0.3 is 0 Å². The van der Waals surface area contributed by atoms with Crippen molar-refractivity contribution in [3.8, 4) is 0 Å². The fraction of sp³-hybridized carbons (Fsp3) is 0.682. The maximum absolute atomic E-state index is 12.6. The molecular formula is C22H34N4O. The minimum atomic E-state index is -0.0514. The molecule has 1 unspecified atom stereocenters. The number of hydrogen-bond acceptors (Lipinski definition) is 4. The van der Waals surface area contributed by atoms with Gasteiger partial charge in [0, 0.05) is 50.8 Å². The van der Waals surface area contributed by atoms with Crippen LogP contribution in [0.25, 0.3) is 0 Å². The Kier molecular flexibility index (Phi) is 5.81. The number of benzene rings is 1. The molecule has 2 bridgehead atoms. The monoisotopic (exact) mass is 370 g/mol. The molecule has 0 aliphatic carbocycles. The van der Waals surface area contributed by atoms with Crippen LogP contribution in [0.3, 0.4) is 0 Å². The third-order valence-electron chi connectivity index (χ3n) is 7.18. The summed E-state index contributed by atoms with van der Waals surface area (Å²) in [7, 11) is 2.31. The number of hydrogen-bond donors (Lipinski definition) is 1. The first-order valence-corrected chi connectivity index (χ1v) is 10.6. The SMILES string of the molecule is C[C@@H](C(=O)NCc1ccccc1)N1CCN(C2C[C@H]3CC[C@@H](C2)N3C)CC1. The van der Waals surface area contributed by atoms with Gasteiger partial charge in [-0.05, 0) is 45.2 Å². The fourth-order valence-electron chi connectivity index (χ4n) is 5.27. The third kappa shape index (κ3) is 4.20. The largest absolute Gasteiger partial charge is 0.351 e. The van der Waals surface area contributed by atoms with Crippen LogP contribution in [0.15, 0.2) is 30.3 Å². The van der Waals surface area contributed by atoms with E-state index in [0.29, 0.717) is 6.54 Å². The second kappa shape index (κ2) is 8.29. The molecule has 0 saturated carbocycles. The summed E-state index contributed by atoms with van der Waals surface area (Å²) in [4.78, 5) is 20.2. The zero-order valence-electron chi connectivity index (χ0n) is 16.8. The average molecular weight is 371 g/mol. The number of nitrogens with one attached hydrogen (secondary N) is 1. The van der Waals surface area contributed by atoms with Crippen LogP contribution < -0.4 is 5.32 Å². The van der Waals surface area contributed by atoms with Crippen LogP contribution in [0.1, 0.15) is 38.2 Å². The standard InChI is InChI=1S/C22H34N4O/c1-17(22(27)23-16-18-6-4-3-5-7-18)25-10-12-26(13-11-25)21-14-19-8-9-20(15-21)24(19)2/h3-7,17,19-21H,8-16H2,1-2H3,(H,23,27)/t17-,19-,20+,21?/m0/s1. The van der Waals surface area contributed by atoms with Gasteiger partial charge in [0.15, 0.2) is 0 Å². The molecule has 4 atom stereocenters. The Morgan fingerprint density at radius 2 is 1.67 bits per heavy atom. The number of carbonyl (C=O) groups is 1. The van der Waals surface area contributed by atoms with E-state index >= 15 is 0 Å². The van der Waals surface area contributed by atoms with Crippen molar-refractivity contribution < 1.29 is 4.79 Å². The van der Waals surface area contributed by atoms with E-state index in [-0.39, 0.29) is 11.9 Å². The van der Waals surface area contributed by atoms with Crippen molar-refractivity contribution in [3.05, 3.63) is 35.9 Å². The summed E-state index contributed by atoms with van der Waals surface area (Å²) in [6.45, 7) is 6.87. The van der Waals surface area contributed by atoms with Gasteiger partial charge in [-0.25, -0.2) is 0 Å². The zero-order valence-corrected chi connectivity index (χ0v) is 16.8. The summed E-state index contributed by atoms with van der Waals surface area (Å²) in [6, 6.07) is 12.4. The van der Waals surface area contributed by atoms with E-state index in [1.54, 1.807) is 0 Å². The molecule has 0 spiro atoms. The van der Waals surface area contributed by atoms with Gasteiger partial charge in [0.1, 0.15) is 0 Å². The molecule has 0 radical (unpaired) electrons. The quantitative estimate of drug-likeness (QED) is 0.860. The molecule has 3 aliphatic heterocycles. The van der Waals surface area contributed by atoms with Gasteiger partial charge in [0.25, 0.3) is 0 Å². The Hall–Kier alpha value is -1.43. The van der Waals surface area contributed by atoms with Crippen LogP contribution in [0, 0.1) is 0 Å². The lowest BCUT2D eigenvalue weighted by Crippen LogP contribution is -2.58. The molecule has 4 rings (SSSR count). The number of piperazine rings is 1. The van der Waals surface area contributed by atoms with Crippen molar-refractivity contribution in [3.63, 3.8) is 0 Å². The number of nitrogens with zero attached hydrogens (tertiary/aromatic N) is 3. The highest BCUT2D eigenvalue weighted by atomic mass is 16.2. The van der Waals surface area contributed by atoms with E-state index in [9.17, 15) is 4.79 Å². The van der Waals surface area contributed by atoms with Crippen molar-refractivity contribution >= 4 is 5.91 Å². The summed E-state index contributed by atoms with van der Waals surface area (Å²) in [5.41, 5.74) is 1.15. The Morgan fingerprint density at radius 3 is 2.30 bits per heavy atom. The van der Waals surface area contributed by atoms with E-state index < -0.39 is 0 Å². The summed E-state index contributed by atoms with van der Waals surface area (Å²) in [5, 5.41) is 3.10. The highest BCUT2D eigenvalue weighted by Gasteiger charge is 2.41. The minimum Gasteiger partial charge on any atom is -0.351 e. The highest BCUT2D eigenvalue weighted by Crippen LogP contribution is 2.36. The number of carbonyl (C=O) groups excluding carboxylic acids is 1. The number of amides is 1. The van der Waals surface area contributed by atoms with Crippen molar-refractivity contribution in [2.75, 3.05) is 33.2 Å². The predicted molar refractivity (Wildman–Crippen MR) is 108 cm³/mol. The lowest BCUT2D eigenvalue weighted by Gasteiger charge is -2.45. The molecule has 3 aliphatic rings. The average Bonchev–Trinajstić information content (AvgIpc) is 2.92. The van der Waals surface area contributed by atoms with Crippen LogP contribution in [-0.2, 0) is 11.3 Å². The summed E-state index contributed by atoms with van der Waals surface area (Å²) < 4.78 is 0. The molecule has 0 aromatic heterocycles. The van der Waals surface area contributed by atoms with Gasteiger partial charge in [-0.3, -0.25) is 14.6 Å². The van der Waals surface area contributed by atoms with Crippen molar-refractivity contribution in [2.45, 2.75) is 63.3 Å². The van der Waals surface area contributed by atoms with Crippen LogP contribution >= 0.6 is 0 Å². The van der Waals surface area contributed by atoms with E-state index in [1.807, 2.05) is 25.1 Å². The van der Waals surface area contributed by atoms with E-state index in [0.717, 1.165) is 49.9 Å². The minimum absolute atomic E-state index is 0.0514. The number of piperidine rings is 1. The highest BCUT2D eigenvalue weighted by molar-refractivity contribution is 5.81. The molecule has 27 heavy (non-hydrogen) atoms. The van der Waals surface area contributed by atoms with Crippen LogP contribution in [0.5, 0.6) is 0 Å². The van der Waals surface area contributed by atoms with Crippen LogP contribution in [0.2, 0.25) is 0 Å². The second-order valence-electron chi connectivity index (χ2n) is 8.63. The van der Waals surface area contributed by atoms with Gasteiger partial charge in [0.2, 0.25) is 5.91 Å². The number of fused-ring (bicyclic) bond motifs is 2. The molecule has 1 aromatic rings. The molecule has 5 heteroatoms. The Labute approximate surface area is 163 Å². The first kappa shape index (κ1) is 18.9. The second-order valence-corrected chi connectivity index (χ2v) is 8.63. The topological polar surface area (TPSA) is 38.8 Å². The third-order valence-corrected chi connectivity index (χ3v) is 7.18. The molecule has 1 N–H and O–H groups in total. The number of rotatable bonds is 5. The summed E-state index contributed by atoms with van der Waals surface area (Å²) in [5.74, 6) is 0.143. The first-order valence-electron chi connectivity index (χ1n) is 10.6. The molecule has 3 saturated heterocycles. The lowest BCUT2D eigenvalue weighted by molar-refractivity contribution is -0.127. The smallest absolute Gasteiger partial charge is 0.237 e. The van der Waals surface area contributed by atoms with Gasteiger partial charge in [-0.2, -0.15) is 0 Å². The Morgan fingerprint density at radius 1 is 1.04 bits per heavy atom. The molecular weight excluding hydrogens is 336 g/mol. The zero-order chi connectivity index (χ0) is 18.8. The molecule has 5 nitrogen and oxygen atoms in total. The molecule has 148 valence electrons. The maximum Gasteiger partial charge on any atom is 0.237 e. The van der Waals surface area contributed by atoms with Crippen molar-refractivity contribution in [1.29, 1.82) is 0 Å². The lowest BCUT2D eigenvalue weighted by atomic mass is 9.96. The summed E-state index contributed by atoms with van der Waals surface area (Å²) in [6.07, 6.45) is 5.44. The van der Waals surface area contributed by atoms with E-state index in [4.69, 9.17) is 0 Å². The summed E-state index contributed by atoms with van der Waals surface area (Å²) >= 11 is 0. The molecule has 1 aromatic carbocycles. The predicted octanol–water partition coefficient (Wildman–Crippen LogP) is 1.93. The van der Waals surface area contributed by atoms with Crippen LogP contribution in [-0.4, -0.2) is 78.0 Å². The first-order chi connectivity index (χ1) is 13.1. The Balaban J connectivity index is 1.23. The normalized spacial score (nSPS) is 31.0. The molecule has 3 fully saturated rings. The van der Waals surface area contributed by atoms with Gasteiger partial charge in [-0.15, -0.1) is 0 Å². The van der Waals surface area contributed by atoms with E-state index in [1.165, 1.54) is 25.7 Å². The van der Waals surface area contributed by atoms with E-state index in [2.05, 4.69) is 39.2 Å². The Bertz CT molecular complexity index is 614. The van der Waals surface area contributed by atoms with Gasteiger partial charge < -0.3 is 10.2 Å². The molecule has 3 heterocycles. The van der Waals surface area contributed by atoms with Crippen LogP contribution in [0.4, 0.5) is 0 Å². The molecule has 1 amide bonds. The van der Waals surface area contributed by atoms with Crippen molar-refractivity contribution in [1.82, 2.24) is 20.0 Å². The van der Waals surface area contributed by atoms with Gasteiger partial charge in [-0.1, -0.05) is 30.3 Å². The van der Waals surface area contributed by atoms with Gasteiger partial charge in [0.05, 0.1) is 6.04 Å².